The smallest absolute Gasteiger partial charge is 0.318 e. The van der Waals surface area contributed by atoms with Gasteiger partial charge in [0.1, 0.15) is 11.5 Å². The molecule has 0 aliphatic carbocycles. The predicted octanol–water partition coefficient (Wildman–Crippen LogP) is 0.729. The maximum absolute atomic E-state index is 11.8. The van der Waals surface area contributed by atoms with Crippen LogP contribution >= 0.6 is 0 Å². The van der Waals surface area contributed by atoms with Crippen molar-refractivity contribution in [2.45, 2.75) is 6.04 Å². The SMILES string of the molecule is COc1ccc(C2CN(CCN)C(=O)N2)c(OC)c1. The van der Waals surface area contributed by atoms with Crippen molar-refractivity contribution < 1.29 is 14.3 Å². The van der Waals surface area contributed by atoms with Crippen molar-refractivity contribution in [3.8, 4) is 11.5 Å². The first-order valence-electron chi connectivity index (χ1n) is 6.17. The summed E-state index contributed by atoms with van der Waals surface area (Å²) in [4.78, 5) is 13.5. The van der Waals surface area contributed by atoms with Crippen molar-refractivity contribution in [1.29, 1.82) is 0 Å². The van der Waals surface area contributed by atoms with Crippen LogP contribution in [0.1, 0.15) is 11.6 Å². The van der Waals surface area contributed by atoms with Gasteiger partial charge in [-0.25, -0.2) is 4.79 Å². The summed E-state index contributed by atoms with van der Waals surface area (Å²) in [6.45, 7) is 1.61. The molecule has 104 valence electrons. The third-order valence-electron chi connectivity index (χ3n) is 3.20. The molecule has 2 rings (SSSR count). The van der Waals surface area contributed by atoms with E-state index in [1.807, 2.05) is 18.2 Å². The molecule has 2 amide bonds. The van der Waals surface area contributed by atoms with E-state index in [4.69, 9.17) is 15.2 Å². The highest BCUT2D eigenvalue weighted by Gasteiger charge is 2.30. The summed E-state index contributed by atoms with van der Waals surface area (Å²) >= 11 is 0. The van der Waals surface area contributed by atoms with Crippen LogP contribution in [0.25, 0.3) is 0 Å². The molecule has 1 unspecified atom stereocenters. The molecule has 0 saturated carbocycles. The van der Waals surface area contributed by atoms with E-state index in [0.29, 0.717) is 25.4 Å². The van der Waals surface area contributed by atoms with Gasteiger partial charge in [-0.1, -0.05) is 0 Å². The van der Waals surface area contributed by atoms with Crippen molar-refractivity contribution >= 4 is 6.03 Å². The van der Waals surface area contributed by atoms with Crippen molar-refractivity contribution in [3.05, 3.63) is 23.8 Å². The third kappa shape index (κ3) is 2.73. The van der Waals surface area contributed by atoms with Crippen LogP contribution in [0.3, 0.4) is 0 Å². The molecule has 1 saturated heterocycles. The van der Waals surface area contributed by atoms with E-state index in [-0.39, 0.29) is 12.1 Å². The number of rotatable bonds is 5. The van der Waals surface area contributed by atoms with Gasteiger partial charge in [-0.05, 0) is 12.1 Å². The van der Waals surface area contributed by atoms with Crippen molar-refractivity contribution in [2.24, 2.45) is 5.73 Å². The van der Waals surface area contributed by atoms with Crippen molar-refractivity contribution in [2.75, 3.05) is 33.9 Å². The van der Waals surface area contributed by atoms with Gasteiger partial charge in [-0.3, -0.25) is 0 Å². The molecular formula is C13H19N3O3. The van der Waals surface area contributed by atoms with Crippen molar-refractivity contribution in [1.82, 2.24) is 10.2 Å². The number of urea groups is 1. The molecule has 3 N–H and O–H groups in total. The first-order valence-corrected chi connectivity index (χ1v) is 6.17. The van der Waals surface area contributed by atoms with Gasteiger partial charge in [0.2, 0.25) is 0 Å². The van der Waals surface area contributed by atoms with Gasteiger partial charge in [0.05, 0.1) is 20.3 Å². The van der Waals surface area contributed by atoms with Crippen LogP contribution in [0.4, 0.5) is 4.79 Å². The summed E-state index contributed by atoms with van der Waals surface area (Å²) in [5.74, 6) is 1.43. The molecule has 0 aromatic heterocycles. The Morgan fingerprint density at radius 2 is 2.21 bits per heavy atom. The van der Waals surface area contributed by atoms with Crippen LogP contribution in [0.15, 0.2) is 18.2 Å². The van der Waals surface area contributed by atoms with E-state index < -0.39 is 0 Å². The summed E-state index contributed by atoms with van der Waals surface area (Å²) in [6, 6.07) is 5.41. The monoisotopic (exact) mass is 265 g/mol. The number of ether oxygens (including phenoxy) is 2. The maximum atomic E-state index is 11.8. The Hall–Kier alpha value is -1.95. The molecule has 0 spiro atoms. The normalized spacial score (nSPS) is 18.4. The van der Waals surface area contributed by atoms with E-state index >= 15 is 0 Å². The van der Waals surface area contributed by atoms with Gasteiger partial charge < -0.3 is 25.4 Å². The number of nitrogens with two attached hydrogens (primary N) is 1. The lowest BCUT2D eigenvalue weighted by atomic mass is 10.1. The molecule has 6 nitrogen and oxygen atoms in total. The number of carbonyl (C=O) groups is 1. The molecule has 1 atom stereocenters. The number of nitrogens with zero attached hydrogens (tertiary/aromatic N) is 1. The Labute approximate surface area is 112 Å². The van der Waals surface area contributed by atoms with Gasteiger partial charge in [0.15, 0.2) is 0 Å². The average molecular weight is 265 g/mol. The maximum Gasteiger partial charge on any atom is 0.318 e. The van der Waals surface area contributed by atoms with Crippen LogP contribution in [-0.2, 0) is 0 Å². The molecule has 1 aromatic rings. The summed E-state index contributed by atoms with van der Waals surface area (Å²) in [5.41, 5.74) is 6.43. The Morgan fingerprint density at radius 1 is 1.42 bits per heavy atom. The van der Waals surface area contributed by atoms with E-state index in [0.717, 1.165) is 11.3 Å². The largest absolute Gasteiger partial charge is 0.497 e. The second kappa shape index (κ2) is 5.79. The first-order chi connectivity index (χ1) is 9.19. The lowest BCUT2D eigenvalue weighted by molar-refractivity contribution is 0.218. The molecule has 6 heteroatoms. The second-order valence-corrected chi connectivity index (χ2v) is 4.34. The lowest BCUT2D eigenvalue weighted by Gasteiger charge is -2.16. The quantitative estimate of drug-likeness (QED) is 0.823. The number of methoxy groups -OCH3 is 2. The molecule has 0 bridgehead atoms. The molecule has 0 radical (unpaired) electrons. The van der Waals surface area contributed by atoms with Crippen LogP contribution in [0.2, 0.25) is 0 Å². The summed E-state index contributed by atoms with van der Waals surface area (Å²) in [6.07, 6.45) is 0. The Kier molecular flexibility index (Phi) is 4.11. The third-order valence-corrected chi connectivity index (χ3v) is 3.20. The zero-order valence-electron chi connectivity index (χ0n) is 11.2. The number of amides is 2. The van der Waals surface area contributed by atoms with Gasteiger partial charge in [0.25, 0.3) is 0 Å². The molecule has 1 aliphatic rings. The highest BCUT2D eigenvalue weighted by atomic mass is 16.5. The second-order valence-electron chi connectivity index (χ2n) is 4.34. The highest BCUT2D eigenvalue weighted by molar-refractivity contribution is 5.77. The minimum absolute atomic E-state index is 0.0834. The van der Waals surface area contributed by atoms with E-state index in [9.17, 15) is 4.79 Å². The number of carbonyl (C=O) groups excluding carboxylic acids is 1. The fraction of sp³-hybridized carbons (Fsp3) is 0.462. The van der Waals surface area contributed by atoms with Crippen LogP contribution < -0.4 is 20.5 Å². The molecule has 1 heterocycles. The minimum atomic E-state index is -0.0895. The lowest BCUT2D eigenvalue weighted by Crippen LogP contribution is -2.32. The molecule has 1 aromatic carbocycles. The Morgan fingerprint density at radius 3 is 2.84 bits per heavy atom. The zero-order valence-corrected chi connectivity index (χ0v) is 11.2. The minimum Gasteiger partial charge on any atom is -0.497 e. The van der Waals surface area contributed by atoms with Crippen LogP contribution in [0.5, 0.6) is 11.5 Å². The molecule has 1 fully saturated rings. The molecule has 19 heavy (non-hydrogen) atoms. The topological polar surface area (TPSA) is 76.8 Å². The van der Waals surface area contributed by atoms with Gasteiger partial charge in [-0.15, -0.1) is 0 Å². The number of benzene rings is 1. The Balaban J connectivity index is 2.21. The number of nitrogens with one attached hydrogen (secondary N) is 1. The number of hydrogen-bond donors (Lipinski definition) is 2. The zero-order chi connectivity index (χ0) is 13.8. The number of hydrogen-bond acceptors (Lipinski definition) is 4. The fourth-order valence-electron chi connectivity index (χ4n) is 2.22. The van der Waals surface area contributed by atoms with Crippen molar-refractivity contribution in [3.63, 3.8) is 0 Å². The van der Waals surface area contributed by atoms with Gasteiger partial charge in [-0.2, -0.15) is 0 Å². The van der Waals surface area contributed by atoms with E-state index in [1.165, 1.54) is 0 Å². The molecular weight excluding hydrogens is 246 g/mol. The molecule has 1 aliphatic heterocycles. The summed E-state index contributed by atoms with van der Waals surface area (Å²) < 4.78 is 10.5. The van der Waals surface area contributed by atoms with Gasteiger partial charge >= 0.3 is 6.03 Å². The van der Waals surface area contributed by atoms with E-state index in [1.54, 1.807) is 19.1 Å². The average Bonchev–Trinajstić information content (AvgIpc) is 2.79. The summed E-state index contributed by atoms with van der Waals surface area (Å²) in [5, 5.41) is 2.93. The predicted molar refractivity (Wildman–Crippen MR) is 71.4 cm³/mol. The Bertz CT molecular complexity index is 464. The first kappa shape index (κ1) is 13.5. The van der Waals surface area contributed by atoms with Crippen LogP contribution in [-0.4, -0.2) is 44.8 Å². The highest BCUT2D eigenvalue weighted by Crippen LogP contribution is 2.31. The van der Waals surface area contributed by atoms with Gasteiger partial charge in [0, 0.05) is 31.3 Å². The fourth-order valence-corrected chi connectivity index (χ4v) is 2.22. The van der Waals surface area contributed by atoms with Crippen LogP contribution in [0, 0.1) is 0 Å². The summed E-state index contributed by atoms with van der Waals surface area (Å²) in [7, 11) is 3.21. The van der Waals surface area contributed by atoms with E-state index in [2.05, 4.69) is 5.32 Å². The standard InChI is InChI=1S/C13H19N3O3/c1-18-9-3-4-10(12(7-9)19-2)11-8-16(6-5-14)13(17)15-11/h3-4,7,11H,5-6,8,14H2,1-2H3,(H,15,17).